The lowest BCUT2D eigenvalue weighted by Gasteiger charge is -2.06. The zero-order chi connectivity index (χ0) is 18.4. The van der Waals surface area contributed by atoms with Crippen molar-refractivity contribution < 1.29 is 14.0 Å². The molecule has 0 aliphatic heterocycles. The molecule has 0 spiro atoms. The molecule has 132 valence electrons. The van der Waals surface area contributed by atoms with Crippen molar-refractivity contribution in [3.63, 3.8) is 0 Å². The fraction of sp³-hybridized carbons (Fsp3) is 0.111. The number of carbonyl (C=O) groups is 2. The average molecular weight is 371 g/mol. The first kappa shape index (κ1) is 17.6. The number of hydrogen-bond acceptors (Lipinski definition) is 5. The molecule has 26 heavy (non-hydrogen) atoms. The van der Waals surface area contributed by atoms with Crippen LogP contribution in [0.25, 0.3) is 11.5 Å². The topological polar surface area (TPSA) is 97.1 Å². The van der Waals surface area contributed by atoms with Crippen LogP contribution in [0.4, 0.5) is 0 Å². The van der Waals surface area contributed by atoms with Crippen LogP contribution >= 0.6 is 11.6 Å². The summed E-state index contributed by atoms with van der Waals surface area (Å²) in [6, 6.07) is 15.8. The molecule has 2 aromatic carbocycles. The minimum Gasteiger partial charge on any atom is -0.421 e. The van der Waals surface area contributed by atoms with Crippen molar-refractivity contribution in [3.8, 4) is 11.5 Å². The van der Waals surface area contributed by atoms with E-state index >= 15 is 0 Å². The van der Waals surface area contributed by atoms with Crippen molar-refractivity contribution >= 4 is 23.4 Å². The Kier molecular flexibility index (Phi) is 5.60. The van der Waals surface area contributed by atoms with Gasteiger partial charge in [-0.25, -0.2) is 0 Å². The smallest absolute Gasteiger partial charge is 0.269 e. The molecule has 3 aromatic rings. The summed E-state index contributed by atoms with van der Waals surface area (Å²) in [4.78, 5) is 23.8. The highest BCUT2D eigenvalue weighted by Crippen LogP contribution is 2.17. The van der Waals surface area contributed by atoms with Crippen molar-refractivity contribution in [2.24, 2.45) is 0 Å². The van der Waals surface area contributed by atoms with Crippen LogP contribution in [-0.4, -0.2) is 22.0 Å². The number of halogens is 1. The summed E-state index contributed by atoms with van der Waals surface area (Å²) in [7, 11) is 0. The number of amides is 2. The van der Waals surface area contributed by atoms with Gasteiger partial charge in [0.1, 0.15) is 0 Å². The van der Waals surface area contributed by atoms with Gasteiger partial charge in [-0.2, -0.15) is 0 Å². The van der Waals surface area contributed by atoms with Gasteiger partial charge in [0.05, 0.1) is 0 Å². The minimum atomic E-state index is -0.454. The number of hydrazine groups is 1. The molecular weight excluding hydrogens is 356 g/mol. The number of aryl methyl sites for hydroxylation is 1. The van der Waals surface area contributed by atoms with Gasteiger partial charge in [0, 0.05) is 29.0 Å². The van der Waals surface area contributed by atoms with Gasteiger partial charge in [-0.15, -0.1) is 10.2 Å². The summed E-state index contributed by atoms with van der Waals surface area (Å²) < 4.78 is 5.52. The first-order valence-corrected chi connectivity index (χ1v) is 8.22. The van der Waals surface area contributed by atoms with E-state index in [-0.39, 0.29) is 18.7 Å². The van der Waals surface area contributed by atoms with E-state index in [1.54, 1.807) is 18.2 Å². The Morgan fingerprint density at radius 2 is 1.81 bits per heavy atom. The van der Waals surface area contributed by atoms with E-state index in [4.69, 9.17) is 16.0 Å². The van der Waals surface area contributed by atoms with E-state index in [2.05, 4.69) is 21.0 Å². The van der Waals surface area contributed by atoms with Gasteiger partial charge in [-0.3, -0.25) is 20.4 Å². The fourth-order valence-corrected chi connectivity index (χ4v) is 2.35. The van der Waals surface area contributed by atoms with Gasteiger partial charge in [0.25, 0.3) is 5.91 Å². The molecule has 2 N–H and O–H groups in total. The molecule has 0 bridgehead atoms. The molecule has 0 saturated carbocycles. The van der Waals surface area contributed by atoms with Gasteiger partial charge >= 0.3 is 0 Å². The molecule has 3 rings (SSSR count). The lowest BCUT2D eigenvalue weighted by Crippen LogP contribution is -2.41. The molecule has 0 unspecified atom stereocenters. The maximum absolute atomic E-state index is 11.9. The summed E-state index contributed by atoms with van der Waals surface area (Å²) >= 11 is 5.82. The number of benzene rings is 2. The highest BCUT2D eigenvalue weighted by Gasteiger charge is 2.11. The van der Waals surface area contributed by atoms with E-state index < -0.39 is 5.91 Å². The summed E-state index contributed by atoms with van der Waals surface area (Å²) in [5.74, 6) is -0.0831. The average Bonchev–Trinajstić information content (AvgIpc) is 3.14. The maximum atomic E-state index is 11.9. The predicted molar refractivity (Wildman–Crippen MR) is 95.1 cm³/mol. The molecule has 2 amide bonds. The number of hydrogen-bond donors (Lipinski definition) is 2. The Labute approximate surface area is 154 Å². The molecule has 0 fully saturated rings. The van der Waals surface area contributed by atoms with Gasteiger partial charge in [0.2, 0.25) is 17.7 Å². The Morgan fingerprint density at radius 3 is 2.58 bits per heavy atom. The van der Waals surface area contributed by atoms with Gasteiger partial charge in [-0.1, -0.05) is 35.9 Å². The Morgan fingerprint density at radius 1 is 1.00 bits per heavy atom. The van der Waals surface area contributed by atoms with Gasteiger partial charge in [0.15, 0.2) is 0 Å². The van der Waals surface area contributed by atoms with Crippen LogP contribution in [-0.2, 0) is 11.2 Å². The largest absolute Gasteiger partial charge is 0.421 e. The zero-order valence-corrected chi connectivity index (χ0v) is 14.4. The van der Waals surface area contributed by atoms with E-state index in [1.807, 2.05) is 30.3 Å². The molecule has 0 radical (unpaired) electrons. The molecule has 1 aromatic heterocycles. The first-order valence-electron chi connectivity index (χ1n) is 7.84. The van der Waals surface area contributed by atoms with Crippen LogP contribution in [0, 0.1) is 0 Å². The third-order valence-corrected chi connectivity index (χ3v) is 3.69. The Hall–Kier alpha value is -3.19. The second-order valence-corrected chi connectivity index (χ2v) is 5.82. The van der Waals surface area contributed by atoms with Crippen molar-refractivity contribution in [2.75, 3.05) is 0 Å². The van der Waals surface area contributed by atoms with Crippen LogP contribution in [0.15, 0.2) is 59.0 Å². The predicted octanol–water partition coefficient (Wildman–Crippen LogP) is 2.78. The van der Waals surface area contributed by atoms with Gasteiger partial charge in [-0.05, 0) is 30.3 Å². The minimum absolute atomic E-state index is 0.0895. The highest BCUT2D eigenvalue weighted by atomic mass is 35.5. The summed E-state index contributed by atoms with van der Waals surface area (Å²) in [6.45, 7) is 0. The van der Waals surface area contributed by atoms with Crippen LogP contribution in [0.2, 0.25) is 5.02 Å². The maximum Gasteiger partial charge on any atom is 0.269 e. The molecule has 1 heterocycles. The number of rotatable bonds is 5. The van der Waals surface area contributed by atoms with E-state index in [9.17, 15) is 9.59 Å². The molecule has 0 aliphatic rings. The first-order chi connectivity index (χ1) is 12.6. The van der Waals surface area contributed by atoms with Crippen LogP contribution in [0.5, 0.6) is 0 Å². The SMILES string of the molecule is O=C(CCc1nnc(-c2ccccc2)o1)NNC(=O)c1cccc(Cl)c1. The molecule has 0 saturated heterocycles. The van der Waals surface area contributed by atoms with E-state index in [0.717, 1.165) is 5.56 Å². The third-order valence-electron chi connectivity index (χ3n) is 3.46. The highest BCUT2D eigenvalue weighted by molar-refractivity contribution is 6.30. The lowest BCUT2D eigenvalue weighted by atomic mass is 10.2. The molecular formula is C18H15ClN4O3. The van der Waals surface area contributed by atoms with Crippen molar-refractivity contribution in [1.82, 2.24) is 21.0 Å². The van der Waals surface area contributed by atoms with Crippen molar-refractivity contribution in [2.45, 2.75) is 12.8 Å². The molecule has 0 atom stereocenters. The summed E-state index contributed by atoms with van der Waals surface area (Å²) in [5, 5.41) is 8.31. The molecule has 7 nitrogen and oxygen atoms in total. The fourth-order valence-electron chi connectivity index (χ4n) is 2.16. The van der Waals surface area contributed by atoms with Crippen LogP contribution in [0.1, 0.15) is 22.7 Å². The van der Waals surface area contributed by atoms with Crippen LogP contribution in [0.3, 0.4) is 0 Å². The summed E-state index contributed by atoms with van der Waals surface area (Å²) in [5.41, 5.74) is 5.83. The van der Waals surface area contributed by atoms with E-state index in [1.165, 1.54) is 6.07 Å². The Bertz CT molecular complexity index is 912. The summed E-state index contributed by atoms with van der Waals surface area (Å²) in [6.07, 6.45) is 0.352. The standard InChI is InChI=1S/C18H15ClN4O3/c19-14-8-4-7-13(11-14)17(25)22-20-15(24)9-10-16-21-23-18(26-16)12-5-2-1-3-6-12/h1-8,11H,9-10H2,(H,20,24)(H,22,25). The normalized spacial score (nSPS) is 10.3. The van der Waals surface area contributed by atoms with Crippen molar-refractivity contribution in [1.29, 1.82) is 0 Å². The molecule has 0 aliphatic carbocycles. The van der Waals surface area contributed by atoms with Gasteiger partial charge < -0.3 is 4.42 Å². The number of nitrogens with zero attached hydrogens (tertiary/aromatic N) is 2. The zero-order valence-electron chi connectivity index (χ0n) is 13.6. The second kappa shape index (κ2) is 8.26. The number of nitrogens with one attached hydrogen (secondary N) is 2. The second-order valence-electron chi connectivity index (χ2n) is 5.38. The Balaban J connectivity index is 1.47. The third kappa shape index (κ3) is 4.67. The van der Waals surface area contributed by atoms with Crippen LogP contribution < -0.4 is 10.9 Å². The van der Waals surface area contributed by atoms with E-state index in [0.29, 0.717) is 22.4 Å². The lowest BCUT2D eigenvalue weighted by molar-refractivity contribution is -0.121. The number of carbonyl (C=O) groups excluding carboxylic acids is 2. The monoisotopic (exact) mass is 370 g/mol. The quantitative estimate of drug-likeness (QED) is 0.673. The van der Waals surface area contributed by atoms with Crippen molar-refractivity contribution in [3.05, 3.63) is 71.1 Å². The molecule has 8 heteroatoms. The number of aromatic nitrogens is 2.